The average molecular weight is 359 g/mol. The molecule has 5 heteroatoms. The molecule has 0 bridgehead atoms. The number of halogens is 1. The highest BCUT2D eigenvalue weighted by molar-refractivity contribution is 7.99. The first kappa shape index (κ1) is 18.0. The molecule has 1 fully saturated rings. The smallest absolute Gasteiger partial charge is 0.223 e. The molecule has 1 heterocycles. The highest BCUT2D eigenvalue weighted by Crippen LogP contribution is 2.34. The first-order valence-corrected chi connectivity index (χ1v) is 9.45. The number of rotatable bonds is 6. The topological polar surface area (TPSA) is 40.5 Å². The summed E-state index contributed by atoms with van der Waals surface area (Å²) >= 11 is 1.36. The second kappa shape index (κ2) is 8.02. The third-order valence-corrected chi connectivity index (χ3v) is 5.86. The molecule has 132 valence electrons. The summed E-state index contributed by atoms with van der Waals surface area (Å²) in [4.78, 5) is 14.9. The van der Waals surface area contributed by atoms with Gasteiger partial charge in [-0.3, -0.25) is 4.79 Å². The van der Waals surface area contributed by atoms with Gasteiger partial charge in [-0.1, -0.05) is 42.5 Å². The van der Waals surface area contributed by atoms with E-state index in [-0.39, 0.29) is 23.7 Å². The maximum Gasteiger partial charge on any atom is 0.223 e. The van der Waals surface area contributed by atoms with Crippen molar-refractivity contribution >= 4 is 17.7 Å². The van der Waals surface area contributed by atoms with E-state index in [0.29, 0.717) is 30.2 Å². The van der Waals surface area contributed by atoms with Crippen molar-refractivity contribution in [1.29, 1.82) is 0 Å². The lowest BCUT2D eigenvalue weighted by atomic mass is 9.80. The number of benzene rings is 2. The second-order valence-electron chi connectivity index (χ2n) is 6.40. The molecule has 1 amide bonds. The van der Waals surface area contributed by atoms with Gasteiger partial charge in [0.05, 0.1) is 6.61 Å². The largest absolute Gasteiger partial charge is 0.395 e. The molecule has 1 saturated heterocycles. The first-order chi connectivity index (χ1) is 12.1. The Bertz CT molecular complexity index is 725. The minimum Gasteiger partial charge on any atom is -0.395 e. The van der Waals surface area contributed by atoms with Gasteiger partial charge >= 0.3 is 0 Å². The maximum atomic E-state index is 13.6. The summed E-state index contributed by atoms with van der Waals surface area (Å²) in [5, 5.41) is 9.94. The van der Waals surface area contributed by atoms with Crippen LogP contribution in [0, 0.1) is 5.82 Å². The summed E-state index contributed by atoms with van der Waals surface area (Å²) in [5.74, 6) is 0.368. The Labute approximate surface area is 151 Å². The quantitative estimate of drug-likeness (QED) is 0.803. The zero-order valence-electron chi connectivity index (χ0n) is 14.0. The van der Waals surface area contributed by atoms with Gasteiger partial charge < -0.3 is 10.0 Å². The van der Waals surface area contributed by atoms with E-state index in [4.69, 9.17) is 0 Å². The first-order valence-electron chi connectivity index (χ1n) is 8.46. The molecule has 1 N–H and O–H groups in total. The molecule has 2 aromatic rings. The number of hydrogen-bond donors (Lipinski definition) is 1. The minimum absolute atomic E-state index is 0.0325. The van der Waals surface area contributed by atoms with Crippen LogP contribution in [0.15, 0.2) is 59.5 Å². The Morgan fingerprint density at radius 1 is 1.16 bits per heavy atom. The van der Waals surface area contributed by atoms with Crippen LogP contribution < -0.4 is 0 Å². The summed E-state index contributed by atoms with van der Waals surface area (Å²) in [7, 11) is 0. The number of aliphatic hydroxyl groups excluding tert-OH is 1. The maximum absolute atomic E-state index is 13.6. The number of hydrogen-bond acceptors (Lipinski definition) is 3. The van der Waals surface area contributed by atoms with Crippen LogP contribution in [0.25, 0.3) is 0 Å². The fourth-order valence-corrected chi connectivity index (χ4v) is 4.18. The van der Waals surface area contributed by atoms with Gasteiger partial charge in [-0.05, 0) is 24.1 Å². The summed E-state index contributed by atoms with van der Waals surface area (Å²) in [6.07, 6.45) is 1.13. The van der Waals surface area contributed by atoms with Crippen LogP contribution in [0.4, 0.5) is 4.39 Å². The van der Waals surface area contributed by atoms with Gasteiger partial charge in [0.25, 0.3) is 0 Å². The van der Waals surface area contributed by atoms with Crippen molar-refractivity contribution in [1.82, 2.24) is 4.90 Å². The normalized spacial score (nSPS) is 20.0. The van der Waals surface area contributed by atoms with E-state index in [1.54, 1.807) is 18.2 Å². The monoisotopic (exact) mass is 359 g/mol. The number of aliphatic hydroxyl groups is 1. The van der Waals surface area contributed by atoms with E-state index in [1.165, 1.54) is 17.8 Å². The summed E-state index contributed by atoms with van der Waals surface area (Å²) in [5.41, 5.74) is 0.712. The lowest BCUT2D eigenvalue weighted by molar-refractivity contribution is -0.129. The van der Waals surface area contributed by atoms with Gasteiger partial charge in [0.1, 0.15) is 5.82 Å². The molecule has 1 atom stereocenters. The van der Waals surface area contributed by atoms with E-state index in [0.717, 1.165) is 12.0 Å². The van der Waals surface area contributed by atoms with E-state index in [9.17, 15) is 14.3 Å². The Balaban J connectivity index is 1.56. The summed E-state index contributed by atoms with van der Waals surface area (Å²) in [6.45, 7) is 1.22. The molecule has 2 aromatic carbocycles. The van der Waals surface area contributed by atoms with Crippen LogP contribution in [0.1, 0.15) is 18.4 Å². The van der Waals surface area contributed by atoms with Crippen LogP contribution in [0.5, 0.6) is 0 Å². The third kappa shape index (κ3) is 4.05. The summed E-state index contributed by atoms with van der Waals surface area (Å²) in [6, 6.07) is 16.5. The van der Waals surface area contributed by atoms with Crippen molar-refractivity contribution < 1.29 is 14.3 Å². The number of thioether (sulfide) groups is 1. The fourth-order valence-electron chi connectivity index (χ4n) is 3.30. The van der Waals surface area contributed by atoms with Crippen molar-refractivity contribution in [2.24, 2.45) is 0 Å². The van der Waals surface area contributed by atoms with E-state index >= 15 is 0 Å². The molecule has 1 aliphatic heterocycles. The van der Waals surface area contributed by atoms with Crippen LogP contribution in [-0.2, 0) is 10.2 Å². The van der Waals surface area contributed by atoms with Crippen molar-refractivity contribution in [3.8, 4) is 0 Å². The second-order valence-corrected chi connectivity index (χ2v) is 7.54. The number of amides is 1. The van der Waals surface area contributed by atoms with Gasteiger partial charge in [-0.15, -0.1) is 11.8 Å². The van der Waals surface area contributed by atoms with E-state index in [2.05, 4.69) is 0 Å². The molecule has 0 saturated carbocycles. The fraction of sp³-hybridized carbons (Fsp3) is 0.350. The standard InChI is InChI=1S/C20H22FNO2S/c21-17-8-4-5-9-18(17)25-13-10-19(24)22-12-11-20(14-22,15-23)16-6-2-1-3-7-16/h1-9,23H,10-15H2/t20-/m0/s1. The zero-order chi connectivity index (χ0) is 17.7. The molecule has 0 unspecified atom stereocenters. The number of carbonyl (C=O) groups excluding carboxylic acids is 1. The average Bonchev–Trinajstić information content (AvgIpc) is 3.10. The molecule has 3 nitrogen and oxygen atoms in total. The Morgan fingerprint density at radius 3 is 2.60 bits per heavy atom. The predicted molar refractivity (Wildman–Crippen MR) is 98.1 cm³/mol. The van der Waals surface area contributed by atoms with E-state index in [1.807, 2.05) is 35.2 Å². The van der Waals surface area contributed by atoms with Crippen LogP contribution in [0.3, 0.4) is 0 Å². The van der Waals surface area contributed by atoms with Gasteiger partial charge in [0.15, 0.2) is 0 Å². The van der Waals surface area contributed by atoms with Crippen LogP contribution in [0.2, 0.25) is 0 Å². The lowest BCUT2D eigenvalue weighted by Gasteiger charge is -2.27. The highest BCUT2D eigenvalue weighted by Gasteiger charge is 2.40. The number of carbonyl (C=O) groups is 1. The SMILES string of the molecule is O=C(CCSc1ccccc1F)N1CC[C@](CO)(c2ccccc2)C1. The molecule has 0 aromatic heterocycles. The Morgan fingerprint density at radius 2 is 1.88 bits per heavy atom. The van der Waals surface area contributed by atoms with Gasteiger partial charge in [-0.25, -0.2) is 4.39 Å². The summed E-state index contributed by atoms with van der Waals surface area (Å²) < 4.78 is 13.6. The molecule has 0 aliphatic carbocycles. The zero-order valence-corrected chi connectivity index (χ0v) is 14.8. The van der Waals surface area contributed by atoms with Crippen molar-refractivity contribution in [2.45, 2.75) is 23.2 Å². The van der Waals surface area contributed by atoms with Crippen molar-refractivity contribution in [2.75, 3.05) is 25.4 Å². The molecule has 1 aliphatic rings. The molecule has 25 heavy (non-hydrogen) atoms. The molecule has 0 radical (unpaired) electrons. The Kier molecular flexibility index (Phi) is 5.76. The van der Waals surface area contributed by atoms with Gasteiger partial charge in [0, 0.05) is 35.6 Å². The van der Waals surface area contributed by atoms with Gasteiger partial charge in [-0.2, -0.15) is 0 Å². The van der Waals surface area contributed by atoms with Crippen molar-refractivity contribution in [3.05, 3.63) is 66.0 Å². The minimum atomic E-state index is -0.365. The van der Waals surface area contributed by atoms with Crippen LogP contribution in [-0.4, -0.2) is 41.4 Å². The van der Waals surface area contributed by atoms with Crippen molar-refractivity contribution in [3.63, 3.8) is 0 Å². The highest BCUT2D eigenvalue weighted by atomic mass is 32.2. The van der Waals surface area contributed by atoms with Crippen LogP contribution >= 0.6 is 11.8 Å². The lowest BCUT2D eigenvalue weighted by Crippen LogP contribution is -2.37. The third-order valence-electron chi connectivity index (χ3n) is 4.81. The number of likely N-dealkylation sites (tertiary alicyclic amines) is 1. The Hall–Kier alpha value is -1.85. The molecular weight excluding hydrogens is 337 g/mol. The molecular formula is C20H22FNO2S. The number of nitrogens with zero attached hydrogens (tertiary/aromatic N) is 1. The van der Waals surface area contributed by atoms with Gasteiger partial charge in [0.2, 0.25) is 5.91 Å². The predicted octanol–water partition coefficient (Wildman–Crippen LogP) is 3.47. The molecule has 0 spiro atoms. The van der Waals surface area contributed by atoms with E-state index < -0.39 is 0 Å². The molecule has 3 rings (SSSR count).